The van der Waals surface area contributed by atoms with Crippen molar-refractivity contribution in [2.75, 3.05) is 18.6 Å². The van der Waals surface area contributed by atoms with E-state index >= 15 is 0 Å². The van der Waals surface area contributed by atoms with Crippen LogP contribution in [0.15, 0.2) is 47.4 Å². The van der Waals surface area contributed by atoms with Crippen LogP contribution in [0.3, 0.4) is 0 Å². The van der Waals surface area contributed by atoms with Crippen molar-refractivity contribution in [1.29, 1.82) is 0 Å². The highest BCUT2D eigenvalue weighted by molar-refractivity contribution is 7.85. The highest BCUT2D eigenvalue weighted by atomic mass is 32.2. The summed E-state index contributed by atoms with van der Waals surface area (Å²) in [5.74, 6) is 1.45. The summed E-state index contributed by atoms with van der Waals surface area (Å²) >= 11 is 0. The third-order valence-corrected chi connectivity index (χ3v) is 4.70. The summed E-state index contributed by atoms with van der Waals surface area (Å²) in [5.41, 5.74) is 8.56. The summed E-state index contributed by atoms with van der Waals surface area (Å²) in [6.45, 7) is 1.94. The van der Waals surface area contributed by atoms with Gasteiger partial charge in [-0.3, -0.25) is 4.21 Å². The first kappa shape index (κ1) is 14.6. The molecule has 3 nitrogen and oxygen atoms in total. The fraction of sp³-hybridized carbons (Fsp3) is 0.250. The summed E-state index contributed by atoms with van der Waals surface area (Å²) < 4.78 is 17.4. The summed E-state index contributed by atoms with van der Waals surface area (Å²) in [4.78, 5) is 0.868. The highest BCUT2D eigenvalue weighted by Crippen LogP contribution is 2.18. The number of hydrogen-bond acceptors (Lipinski definition) is 3. The van der Waals surface area contributed by atoms with E-state index in [2.05, 4.69) is 0 Å². The van der Waals surface area contributed by atoms with Crippen LogP contribution >= 0.6 is 0 Å². The smallest absolute Gasteiger partial charge is 0.118 e. The largest absolute Gasteiger partial charge is 0.497 e. The fourth-order valence-electron chi connectivity index (χ4n) is 2.04. The number of rotatable bonds is 5. The number of nitrogen functional groups attached to an aromatic ring is 1. The van der Waals surface area contributed by atoms with Gasteiger partial charge in [0, 0.05) is 16.3 Å². The first-order valence-electron chi connectivity index (χ1n) is 6.47. The molecule has 0 aromatic heterocycles. The molecule has 0 saturated heterocycles. The van der Waals surface area contributed by atoms with Gasteiger partial charge in [0.05, 0.1) is 17.9 Å². The van der Waals surface area contributed by atoms with Crippen molar-refractivity contribution in [1.82, 2.24) is 0 Å². The van der Waals surface area contributed by atoms with Crippen LogP contribution in [0.4, 0.5) is 5.69 Å². The molecular formula is C16H19NO2S. The Morgan fingerprint density at radius 3 is 2.45 bits per heavy atom. The van der Waals surface area contributed by atoms with Gasteiger partial charge in [0.1, 0.15) is 5.75 Å². The van der Waals surface area contributed by atoms with Gasteiger partial charge in [-0.2, -0.15) is 0 Å². The SMILES string of the molecule is COc1ccc(CCS(=O)c2ccc(N)cc2C)cc1. The molecule has 0 fully saturated rings. The zero-order chi connectivity index (χ0) is 14.5. The van der Waals surface area contributed by atoms with Gasteiger partial charge in [0.2, 0.25) is 0 Å². The molecule has 4 heteroatoms. The second kappa shape index (κ2) is 6.57. The molecule has 0 amide bonds. The van der Waals surface area contributed by atoms with E-state index in [-0.39, 0.29) is 0 Å². The normalized spacial score (nSPS) is 12.1. The Hall–Kier alpha value is -1.81. The number of aryl methyl sites for hydroxylation is 2. The van der Waals surface area contributed by atoms with E-state index in [1.165, 1.54) is 0 Å². The van der Waals surface area contributed by atoms with Gasteiger partial charge in [-0.1, -0.05) is 12.1 Å². The van der Waals surface area contributed by atoms with E-state index in [0.29, 0.717) is 11.4 Å². The molecule has 1 atom stereocenters. The number of hydrogen-bond donors (Lipinski definition) is 1. The maximum Gasteiger partial charge on any atom is 0.118 e. The fourth-order valence-corrected chi connectivity index (χ4v) is 3.32. The summed E-state index contributed by atoms with van der Waals surface area (Å²) in [5, 5.41) is 0. The van der Waals surface area contributed by atoms with Gasteiger partial charge in [0.15, 0.2) is 0 Å². The standard InChI is InChI=1S/C16H19NO2S/c1-12-11-14(17)5-8-16(12)20(18)10-9-13-3-6-15(19-2)7-4-13/h3-8,11H,9-10,17H2,1-2H3. The Balaban J connectivity index is 2.00. The maximum atomic E-state index is 12.3. The van der Waals surface area contributed by atoms with E-state index in [4.69, 9.17) is 10.5 Å². The van der Waals surface area contributed by atoms with Crippen LogP contribution in [0.1, 0.15) is 11.1 Å². The lowest BCUT2D eigenvalue weighted by molar-refractivity contribution is 0.414. The molecule has 0 aliphatic carbocycles. The van der Waals surface area contributed by atoms with Gasteiger partial charge < -0.3 is 10.5 Å². The van der Waals surface area contributed by atoms with Gasteiger partial charge in [-0.05, 0) is 54.8 Å². The summed E-state index contributed by atoms with van der Waals surface area (Å²) in [6.07, 6.45) is 0.778. The molecule has 0 heterocycles. The molecule has 1 unspecified atom stereocenters. The van der Waals surface area contributed by atoms with Crippen molar-refractivity contribution in [3.63, 3.8) is 0 Å². The van der Waals surface area contributed by atoms with Gasteiger partial charge in [-0.25, -0.2) is 0 Å². The van der Waals surface area contributed by atoms with Crippen molar-refractivity contribution in [3.8, 4) is 5.75 Å². The van der Waals surface area contributed by atoms with Crippen molar-refractivity contribution in [2.24, 2.45) is 0 Å². The monoisotopic (exact) mass is 289 g/mol. The molecular weight excluding hydrogens is 270 g/mol. The lowest BCUT2D eigenvalue weighted by atomic mass is 10.2. The average Bonchev–Trinajstić information content (AvgIpc) is 2.45. The average molecular weight is 289 g/mol. The van der Waals surface area contributed by atoms with Crippen LogP contribution in [-0.2, 0) is 17.2 Å². The molecule has 0 bridgehead atoms. The predicted molar refractivity (Wildman–Crippen MR) is 83.6 cm³/mol. The van der Waals surface area contributed by atoms with Crippen LogP contribution in [-0.4, -0.2) is 17.1 Å². The van der Waals surface area contributed by atoms with Crippen LogP contribution in [0.2, 0.25) is 0 Å². The highest BCUT2D eigenvalue weighted by Gasteiger charge is 2.08. The van der Waals surface area contributed by atoms with Gasteiger partial charge in [0.25, 0.3) is 0 Å². The van der Waals surface area contributed by atoms with Crippen LogP contribution in [0.25, 0.3) is 0 Å². The molecule has 0 aliphatic rings. The number of ether oxygens (including phenoxy) is 1. The van der Waals surface area contributed by atoms with Crippen molar-refractivity contribution >= 4 is 16.5 Å². The van der Waals surface area contributed by atoms with E-state index in [9.17, 15) is 4.21 Å². The topological polar surface area (TPSA) is 52.3 Å². The second-order valence-corrected chi connectivity index (χ2v) is 6.21. The van der Waals surface area contributed by atoms with E-state index in [0.717, 1.165) is 28.2 Å². The number of nitrogens with two attached hydrogens (primary N) is 1. The molecule has 0 aliphatic heterocycles. The summed E-state index contributed by atoms with van der Waals surface area (Å²) in [7, 11) is 0.649. The first-order valence-corrected chi connectivity index (χ1v) is 7.79. The molecule has 0 saturated carbocycles. The molecule has 106 valence electrons. The lowest BCUT2D eigenvalue weighted by Gasteiger charge is -2.07. The predicted octanol–water partition coefficient (Wildman–Crippen LogP) is 2.94. The minimum absolute atomic E-state index is 0.608. The van der Waals surface area contributed by atoms with Crippen molar-refractivity contribution in [2.45, 2.75) is 18.2 Å². The molecule has 2 rings (SSSR count). The van der Waals surface area contributed by atoms with E-state index in [1.807, 2.05) is 43.3 Å². The third-order valence-electron chi connectivity index (χ3n) is 3.18. The molecule has 0 radical (unpaired) electrons. The summed E-state index contributed by atoms with van der Waals surface area (Å²) in [6, 6.07) is 13.4. The zero-order valence-electron chi connectivity index (χ0n) is 11.8. The third kappa shape index (κ3) is 3.61. The minimum Gasteiger partial charge on any atom is -0.497 e. The molecule has 0 spiro atoms. The van der Waals surface area contributed by atoms with Gasteiger partial charge in [-0.15, -0.1) is 0 Å². The Labute approximate surface area is 122 Å². The first-order chi connectivity index (χ1) is 9.60. The second-order valence-electron chi connectivity index (χ2n) is 4.67. The van der Waals surface area contributed by atoms with Crippen molar-refractivity contribution < 1.29 is 8.95 Å². The van der Waals surface area contributed by atoms with E-state index in [1.54, 1.807) is 13.2 Å². The Morgan fingerprint density at radius 1 is 1.15 bits per heavy atom. The zero-order valence-corrected chi connectivity index (χ0v) is 12.6. The molecule has 2 N–H and O–H groups in total. The quantitative estimate of drug-likeness (QED) is 0.861. The van der Waals surface area contributed by atoms with Crippen molar-refractivity contribution in [3.05, 3.63) is 53.6 Å². The van der Waals surface area contributed by atoms with Crippen LogP contribution in [0, 0.1) is 6.92 Å². The van der Waals surface area contributed by atoms with Crippen LogP contribution in [0.5, 0.6) is 5.75 Å². The van der Waals surface area contributed by atoms with Gasteiger partial charge >= 0.3 is 0 Å². The minimum atomic E-state index is -0.998. The Bertz CT molecular complexity index is 608. The Morgan fingerprint density at radius 2 is 1.85 bits per heavy atom. The maximum absolute atomic E-state index is 12.3. The number of benzene rings is 2. The molecule has 2 aromatic carbocycles. The Kier molecular flexibility index (Phi) is 4.79. The van der Waals surface area contributed by atoms with Crippen LogP contribution < -0.4 is 10.5 Å². The number of methoxy groups -OCH3 is 1. The molecule has 2 aromatic rings. The number of anilines is 1. The molecule has 20 heavy (non-hydrogen) atoms. The van der Waals surface area contributed by atoms with E-state index < -0.39 is 10.8 Å². The lowest BCUT2D eigenvalue weighted by Crippen LogP contribution is -2.04.